The standard InChI is InChI=1S/C15H29N3O3/c1-12(3-4-14(19)20)5-8-16-15(21)17-11-13-6-9-18(2)10-7-13/h12-13H,3-11H2,1-2H3,(H,19,20)(H2,16,17,21). The number of carboxylic acid groups (broad SMARTS) is 1. The van der Waals surface area contributed by atoms with Crippen molar-refractivity contribution < 1.29 is 14.7 Å². The van der Waals surface area contributed by atoms with Crippen LogP contribution in [0.5, 0.6) is 0 Å². The fourth-order valence-corrected chi connectivity index (χ4v) is 2.51. The van der Waals surface area contributed by atoms with E-state index in [2.05, 4.69) is 22.6 Å². The van der Waals surface area contributed by atoms with E-state index in [4.69, 9.17) is 5.11 Å². The van der Waals surface area contributed by atoms with Gasteiger partial charge in [0.2, 0.25) is 0 Å². The van der Waals surface area contributed by atoms with Crippen LogP contribution in [-0.2, 0) is 4.79 Å². The second-order valence-corrected chi connectivity index (χ2v) is 6.21. The molecule has 1 unspecified atom stereocenters. The van der Waals surface area contributed by atoms with Crippen molar-refractivity contribution >= 4 is 12.0 Å². The van der Waals surface area contributed by atoms with E-state index in [-0.39, 0.29) is 12.5 Å². The summed E-state index contributed by atoms with van der Waals surface area (Å²) >= 11 is 0. The van der Waals surface area contributed by atoms with E-state index in [1.807, 2.05) is 6.92 Å². The first-order chi connectivity index (χ1) is 9.97. The number of amides is 2. The number of aliphatic carboxylic acids is 1. The predicted octanol–water partition coefficient (Wildman–Crippen LogP) is 1.52. The minimum absolute atomic E-state index is 0.112. The van der Waals surface area contributed by atoms with E-state index < -0.39 is 5.97 Å². The van der Waals surface area contributed by atoms with Gasteiger partial charge in [-0.3, -0.25) is 4.79 Å². The van der Waals surface area contributed by atoms with Gasteiger partial charge in [-0.15, -0.1) is 0 Å². The summed E-state index contributed by atoms with van der Waals surface area (Å²) in [5.74, 6) is 0.141. The SMILES string of the molecule is CC(CCNC(=O)NCC1CCN(C)CC1)CCC(=O)O. The number of nitrogens with one attached hydrogen (secondary N) is 2. The number of hydrogen-bond acceptors (Lipinski definition) is 3. The van der Waals surface area contributed by atoms with Gasteiger partial charge in [-0.25, -0.2) is 4.79 Å². The van der Waals surface area contributed by atoms with Crippen LogP contribution in [0.25, 0.3) is 0 Å². The number of carbonyl (C=O) groups is 2. The highest BCUT2D eigenvalue weighted by atomic mass is 16.4. The molecule has 6 heteroatoms. The molecule has 0 aromatic carbocycles. The summed E-state index contributed by atoms with van der Waals surface area (Å²) in [6.07, 6.45) is 3.96. The zero-order chi connectivity index (χ0) is 15.7. The Bertz CT molecular complexity index is 328. The molecular weight excluding hydrogens is 270 g/mol. The Morgan fingerprint density at radius 3 is 2.52 bits per heavy atom. The zero-order valence-corrected chi connectivity index (χ0v) is 13.2. The van der Waals surface area contributed by atoms with E-state index >= 15 is 0 Å². The van der Waals surface area contributed by atoms with Crippen molar-refractivity contribution in [3.63, 3.8) is 0 Å². The molecule has 1 atom stereocenters. The van der Waals surface area contributed by atoms with E-state index in [0.29, 0.717) is 24.8 Å². The lowest BCUT2D eigenvalue weighted by atomic mass is 9.97. The number of likely N-dealkylation sites (tertiary alicyclic amines) is 1. The molecule has 0 aromatic heterocycles. The second kappa shape index (κ2) is 9.60. The molecule has 3 N–H and O–H groups in total. The molecule has 21 heavy (non-hydrogen) atoms. The first-order valence-electron chi connectivity index (χ1n) is 7.89. The molecule has 1 aliphatic heterocycles. The fraction of sp³-hybridized carbons (Fsp3) is 0.867. The van der Waals surface area contributed by atoms with Crippen molar-refractivity contribution in [3.8, 4) is 0 Å². The van der Waals surface area contributed by atoms with E-state index in [0.717, 1.165) is 38.9 Å². The van der Waals surface area contributed by atoms with Gasteiger partial charge in [-0.1, -0.05) is 6.92 Å². The van der Waals surface area contributed by atoms with Crippen molar-refractivity contribution in [1.82, 2.24) is 15.5 Å². The molecule has 122 valence electrons. The molecule has 1 fully saturated rings. The van der Waals surface area contributed by atoms with Gasteiger partial charge in [-0.2, -0.15) is 0 Å². The third-order valence-electron chi connectivity index (χ3n) is 4.16. The molecule has 1 heterocycles. The number of urea groups is 1. The minimum atomic E-state index is -0.759. The van der Waals surface area contributed by atoms with Crippen LogP contribution in [0.1, 0.15) is 39.0 Å². The molecule has 2 amide bonds. The van der Waals surface area contributed by atoms with Crippen LogP contribution in [0.2, 0.25) is 0 Å². The first-order valence-corrected chi connectivity index (χ1v) is 7.89. The van der Waals surface area contributed by atoms with Gasteiger partial charge in [0.1, 0.15) is 0 Å². The zero-order valence-electron chi connectivity index (χ0n) is 13.2. The number of rotatable bonds is 8. The summed E-state index contributed by atoms with van der Waals surface area (Å²) in [5, 5.41) is 14.4. The maximum absolute atomic E-state index is 11.7. The largest absolute Gasteiger partial charge is 0.481 e. The number of carboxylic acids is 1. The Hall–Kier alpha value is -1.30. The number of carbonyl (C=O) groups excluding carboxylic acids is 1. The maximum atomic E-state index is 11.7. The highest BCUT2D eigenvalue weighted by Gasteiger charge is 2.17. The molecule has 0 radical (unpaired) electrons. The topological polar surface area (TPSA) is 81.7 Å². The van der Waals surface area contributed by atoms with Crippen LogP contribution < -0.4 is 10.6 Å². The Kier molecular flexibility index (Phi) is 8.12. The average molecular weight is 299 g/mol. The lowest BCUT2D eigenvalue weighted by Gasteiger charge is -2.28. The van der Waals surface area contributed by atoms with Crippen molar-refractivity contribution in [3.05, 3.63) is 0 Å². The van der Waals surface area contributed by atoms with Crippen molar-refractivity contribution in [2.45, 2.75) is 39.0 Å². The molecule has 0 aromatic rings. The van der Waals surface area contributed by atoms with E-state index in [9.17, 15) is 9.59 Å². The van der Waals surface area contributed by atoms with Gasteiger partial charge < -0.3 is 20.6 Å². The van der Waals surface area contributed by atoms with Crippen LogP contribution in [-0.4, -0.2) is 55.2 Å². The van der Waals surface area contributed by atoms with Gasteiger partial charge >= 0.3 is 12.0 Å². The first kappa shape index (κ1) is 17.8. The van der Waals surface area contributed by atoms with Gasteiger partial charge in [-0.05, 0) is 57.7 Å². The summed E-state index contributed by atoms with van der Waals surface area (Å²) in [4.78, 5) is 24.4. The lowest BCUT2D eigenvalue weighted by Crippen LogP contribution is -2.41. The van der Waals surface area contributed by atoms with Crippen LogP contribution in [0.3, 0.4) is 0 Å². The number of nitrogens with zero attached hydrogens (tertiary/aromatic N) is 1. The molecule has 1 aliphatic rings. The fourth-order valence-electron chi connectivity index (χ4n) is 2.51. The average Bonchev–Trinajstić information content (AvgIpc) is 2.44. The highest BCUT2D eigenvalue weighted by molar-refractivity contribution is 5.73. The molecule has 0 spiro atoms. The van der Waals surface area contributed by atoms with Gasteiger partial charge in [0, 0.05) is 19.5 Å². The van der Waals surface area contributed by atoms with Crippen LogP contribution >= 0.6 is 0 Å². The summed E-state index contributed by atoms with van der Waals surface area (Å²) in [7, 11) is 2.13. The molecular formula is C15H29N3O3. The predicted molar refractivity (Wildman–Crippen MR) is 82.3 cm³/mol. The van der Waals surface area contributed by atoms with Gasteiger partial charge in [0.05, 0.1) is 0 Å². The van der Waals surface area contributed by atoms with E-state index in [1.165, 1.54) is 0 Å². The third-order valence-corrected chi connectivity index (χ3v) is 4.16. The van der Waals surface area contributed by atoms with Gasteiger partial charge in [0.15, 0.2) is 0 Å². The summed E-state index contributed by atoms with van der Waals surface area (Å²) in [6.45, 7) is 5.57. The van der Waals surface area contributed by atoms with Gasteiger partial charge in [0.25, 0.3) is 0 Å². The lowest BCUT2D eigenvalue weighted by molar-refractivity contribution is -0.137. The van der Waals surface area contributed by atoms with Crippen molar-refractivity contribution in [2.24, 2.45) is 11.8 Å². The molecule has 6 nitrogen and oxygen atoms in total. The minimum Gasteiger partial charge on any atom is -0.481 e. The van der Waals surface area contributed by atoms with Crippen LogP contribution in [0, 0.1) is 11.8 Å². The van der Waals surface area contributed by atoms with Crippen LogP contribution in [0.15, 0.2) is 0 Å². The maximum Gasteiger partial charge on any atom is 0.314 e. The monoisotopic (exact) mass is 299 g/mol. The number of piperidine rings is 1. The van der Waals surface area contributed by atoms with E-state index in [1.54, 1.807) is 0 Å². The Morgan fingerprint density at radius 2 is 1.90 bits per heavy atom. The summed E-state index contributed by atoms with van der Waals surface area (Å²) in [5.41, 5.74) is 0. The molecule has 0 aliphatic carbocycles. The third kappa shape index (κ3) is 8.55. The number of hydrogen-bond donors (Lipinski definition) is 3. The smallest absolute Gasteiger partial charge is 0.314 e. The van der Waals surface area contributed by atoms with Crippen molar-refractivity contribution in [2.75, 3.05) is 33.2 Å². The van der Waals surface area contributed by atoms with Crippen LogP contribution in [0.4, 0.5) is 4.79 Å². The second-order valence-electron chi connectivity index (χ2n) is 6.21. The molecule has 1 saturated heterocycles. The Labute approximate surface area is 127 Å². The quantitative estimate of drug-likeness (QED) is 0.634. The van der Waals surface area contributed by atoms with Crippen molar-refractivity contribution in [1.29, 1.82) is 0 Å². The Morgan fingerprint density at radius 1 is 1.24 bits per heavy atom. The summed E-state index contributed by atoms with van der Waals surface area (Å²) < 4.78 is 0. The molecule has 0 saturated carbocycles. The molecule has 1 rings (SSSR count). The highest BCUT2D eigenvalue weighted by Crippen LogP contribution is 2.14. The normalized spacial score (nSPS) is 18.2. The Balaban J connectivity index is 2.02. The molecule has 0 bridgehead atoms. The summed E-state index contributed by atoms with van der Waals surface area (Å²) in [6, 6.07) is -0.112.